The maximum Gasteiger partial charge on any atom is 0.256 e. The number of carbonyl (C=O) groups excluding carboxylic acids is 1. The third kappa shape index (κ3) is 1.81. The van der Waals surface area contributed by atoms with Gasteiger partial charge in [-0.15, -0.1) is 0 Å². The van der Waals surface area contributed by atoms with Crippen molar-refractivity contribution in [1.29, 1.82) is 0 Å². The van der Waals surface area contributed by atoms with Crippen molar-refractivity contribution in [3.8, 4) is 0 Å². The largest absolute Gasteiger partial charge is 0.335 e. The van der Waals surface area contributed by atoms with Crippen molar-refractivity contribution in [3.63, 3.8) is 0 Å². The predicted octanol–water partition coefficient (Wildman–Crippen LogP) is 1.70. The summed E-state index contributed by atoms with van der Waals surface area (Å²) in [5.41, 5.74) is 6.95. The Labute approximate surface area is 106 Å². The Morgan fingerprint density at radius 3 is 2.67 bits per heavy atom. The molecule has 2 fully saturated rings. The first kappa shape index (κ1) is 11.7. The fourth-order valence-electron chi connectivity index (χ4n) is 2.69. The van der Waals surface area contributed by atoms with Gasteiger partial charge in [-0.25, -0.2) is 4.39 Å². The minimum Gasteiger partial charge on any atom is -0.335 e. The van der Waals surface area contributed by atoms with Crippen molar-refractivity contribution in [2.45, 2.75) is 25.3 Å². The second-order valence-corrected chi connectivity index (χ2v) is 5.65. The number of nitrogens with zero attached hydrogens (tertiary/aromatic N) is 1. The Hall–Kier alpha value is -1.42. The molecular weight excluding hydrogens is 231 g/mol. The van der Waals surface area contributed by atoms with E-state index in [9.17, 15) is 9.18 Å². The van der Waals surface area contributed by atoms with Gasteiger partial charge >= 0.3 is 0 Å². The normalized spacial score (nSPS) is 21.6. The fourth-order valence-corrected chi connectivity index (χ4v) is 2.69. The van der Waals surface area contributed by atoms with Crippen LogP contribution < -0.4 is 5.73 Å². The van der Waals surface area contributed by atoms with E-state index in [0.717, 1.165) is 18.4 Å². The topological polar surface area (TPSA) is 46.3 Å². The van der Waals surface area contributed by atoms with Crippen LogP contribution in [0.2, 0.25) is 0 Å². The molecule has 96 valence electrons. The highest BCUT2D eigenvalue weighted by Crippen LogP contribution is 2.43. The third-order valence-electron chi connectivity index (χ3n) is 4.00. The highest BCUT2D eigenvalue weighted by molar-refractivity contribution is 5.95. The van der Waals surface area contributed by atoms with Gasteiger partial charge in [-0.3, -0.25) is 4.79 Å². The van der Waals surface area contributed by atoms with Crippen LogP contribution in [-0.2, 0) is 0 Å². The van der Waals surface area contributed by atoms with Gasteiger partial charge in [-0.2, -0.15) is 0 Å². The predicted molar refractivity (Wildman–Crippen MR) is 66.7 cm³/mol. The molecule has 0 atom stereocenters. The molecule has 2 aliphatic rings. The summed E-state index contributed by atoms with van der Waals surface area (Å²) in [5, 5.41) is 0. The van der Waals surface area contributed by atoms with Crippen LogP contribution in [0.1, 0.15) is 28.8 Å². The molecule has 0 spiro atoms. The van der Waals surface area contributed by atoms with E-state index in [-0.39, 0.29) is 17.0 Å². The van der Waals surface area contributed by atoms with Crippen molar-refractivity contribution in [1.82, 2.24) is 4.90 Å². The van der Waals surface area contributed by atoms with Crippen molar-refractivity contribution < 1.29 is 9.18 Å². The van der Waals surface area contributed by atoms with E-state index in [4.69, 9.17) is 5.73 Å². The average molecular weight is 248 g/mol. The molecule has 0 unspecified atom stereocenters. The van der Waals surface area contributed by atoms with Crippen molar-refractivity contribution in [2.75, 3.05) is 13.1 Å². The number of carbonyl (C=O) groups is 1. The highest BCUT2D eigenvalue weighted by atomic mass is 19.1. The molecular formula is C14H17FN2O. The lowest BCUT2D eigenvalue weighted by Gasteiger charge is -2.48. The van der Waals surface area contributed by atoms with E-state index in [1.54, 1.807) is 24.0 Å². The van der Waals surface area contributed by atoms with Crippen LogP contribution in [0.25, 0.3) is 0 Å². The molecule has 4 heteroatoms. The fraction of sp³-hybridized carbons (Fsp3) is 0.500. The maximum absolute atomic E-state index is 13.7. The zero-order chi connectivity index (χ0) is 12.9. The standard InChI is InChI=1S/C14H17FN2O/c1-9-2-5-11(12(15)6-9)13(18)17-7-14(16,8-17)10-3-4-10/h2,5-6,10H,3-4,7-8,16H2,1H3. The molecule has 1 aromatic rings. The summed E-state index contributed by atoms with van der Waals surface area (Å²) >= 11 is 0. The summed E-state index contributed by atoms with van der Waals surface area (Å²) in [6.45, 7) is 2.92. The van der Waals surface area contributed by atoms with Gasteiger partial charge in [0, 0.05) is 13.1 Å². The molecule has 1 aliphatic carbocycles. The molecule has 0 bridgehead atoms. The summed E-state index contributed by atoms with van der Waals surface area (Å²) in [6.07, 6.45) is 2.33. The van der Waals surface area contributed by atoms with Crippen LogP contribution in [0.5, 0.6) is 0 Å². The monoisotopic (exact) mass is 248 g/mol. The van der Waals surface area contributed by atoms with Crippen LogP contribution in [0.15, 0.2) is 18.2 Å². The average Bonchev–Trinajstić information content (AvgIpc) is 3.08. The zero-order valence-electron chi connectivity index (χ0n) is 10.4. The minimum atomic E-state index is -0.444. The first-order valence-corrected chi connectivity index (χ1v) is 6.34. The molecule has 3 rings (SSSR count). The smallest absolute Gasteiger partial charge is 0.256 e. The lowest BCUT2D eigenvalue weighted by Crippen LogP contribution is -2.69. The SMILES string of the molecule is Cc1ccc(C(=O)N2CC(N)(C3CC3)C2)c(F)c1. The number of hydrogen-bond donors (Lipinski definition) is 1. The molecule has 3 nitrogen and oxygen atoms in total. The van der Waals surface area contributed by atoms with Crippen molar-refractivity contribution in [2.24, 2.45) is 11.7 Å². The van der Waals surface area contributed by atoms with E-state index in [0.29, 0.717) is 19.0 Å². The molecule has 1 aliphatic heterocycles. The number of hydrogen-bond acceptors (Lipinski definition) is 2. The van der Waals surface area contributed by atoms with Crippen LogP contribution in [-0.4, -0.2) is 29.4 Å². The summed E-state index contributed by atoms with van der Waals surface area (Å²) in [5.74, 6) is -0.125. The molecule has 0 radical (unpaired) electrons. The quantitative estimate of drug-likeness (QED) is 0.866. The first-order valence-electron chi connectivity index (χ1n) is 6.34. The summed E-state index contributed by atoms with van der Waals surface area (Å²) < 4.78 is 13.7. The van der Waals surface area contributed by atoms with Crippen LogP contribution in [0.4, 0.5) is 4.39 Å². The zero-order valence-corrected chi connectivity index (χ0v) is 10.4. The van der Waals surface area contributed by atoms with Gasteiger partial charge < -0.3 is 10.6 Å². The Kier molecular flexibility index (Phi) is 2.45. The Balaban J connectivity index is 1.72. The molecule has 1 aromatic carbocycles. The van der Waals surface area contributed by atoms with Gasteiger partial charge in [0.25, 0.3) is 5.91 Å². The van der Waals surface area contributed by atoms with Crippen molar-refractivity contribution in [3.05, 3.63) is 35.1 Å². The van der Waals surface area contributed by atoms with Gasteiger partial charge in [0.2, 0.25) is 0 Å². The van der Waals surface area contributed by atoms with Gasteiger partial charge in [0.1, 0.15) is 5.82 Å². The molecule has 1 heterocycles. The molecule has 1 saturated carbocycles. The Bertz CT molecular complexity index is 505. The molecule has 1 amide bonds. The van der Waals surface area contributed by atoms with Gasteiger partial charge in [-0.1, -0.05) is 6.07 Å². The van der Waals surface area contributed by atoms with E-state index in [2.05, 4.69) is 0 Å². The summed E-state index contributed by atoms with van der Waals surface area (Å²) in [6, 6.07) is 4.71. The van der Waals surface area contributed by atoms with Crippen LogP contribution in [0.3, 0.4) is 0 Å². The van der Waals surface area contributed by atoms with Gasteiger partial charge in [0.05, 0.1) is 11.1 Å². The van der Waals surface area contributed by atoms with Gasteiger partial charge in [-0.05, 0) is 43.4 Å². The van der Waals surface area contributed by atoms with Crippen LogP contribution in [0, 0.1) is 18.7 Å². The number of amides is 1. The second-order valence-electron chi connectivity index (χ2n) is 5.65. The highest BCUT2D eigenvalue weighted by Gasteiger charge is 2.51. The minimum absolute atomic E-state index is 0.151. The first-order chi connectivity index (χ1) is 8.49. The summed E-state index contributed by atoms with van der Waals surface area (Å²) in [7, 11) is 0. The number of aryl methyl sites for hydroxylation is 1. The summed E-state index contributed by atoms with van der Waals surface area (Å²) in [4.78, 5) is 13.8. The number of halogens is 1. The molecule has 18 heavy (non-hydrogen) atoms. The molecule has 0 aromatic heterocycles. The second kappa shape index (κ2) is 3.79. The van der Waals surface area contributed by atoms with Crippen molar-refractivity contribution >= 4 is 5.91 Å². The lowest BCUT2D eigenvalue weighted by atomic mass is 9.85. The van der Waals surface area contributed by atoms with E-state index in [1.165, 1.54) is 6.07 Å². The van der Waals surface area contributed by atoms with E-state index < -0.39 is 5.82 Å². The van der Waals surface area contributed by atoms with E-state index >= 15 is 0 Å². The van der Waals surface area contributed by atoms with E-state index in [1.807, 2.05) is 0 Å². The number of likely N-dealkylation sites (tertiary alicyclic amines) is 1. The lowest BCUT2D eigenvalue weighted by molar-refractivity contribution is 0.0346. The molecule has 2 N–H and O–H groups in total. The number of benzene rings is 1. The number of rotatable bonds is 2. The Morgan fingerprint density at radius 1 is 1.44 bits per heavy atom. The Morgan fingerprint density at radius 2 is 2.11 bits per heavy atom. The molecule has 1 saturated heterocycles. The van der Waals surface area contributed by atoms with Gasteiger partial charge in [0.15, 0.2) is 0 Å². The maximum atomic E-state index is 13.7. The number of nitrogens with two attached hydrogens (primary N) is 1. The van der Waals surface area contributed by atoms with Crippen LogP contribution >= 0.6 is 0 Å². The third-order valence-corrected chi connectivity index (χ3v) is 4.00.